The molecule has 1 unspecified atom stereocenters. The van der Waals surface area contributed by atoms with Gasteiger partial charge in [0.2, 0.25) is 5.78 Å². The number of pyridine rings is 1. The Hall–Kier alpha value is -1.48. The summed E-state index contributed by atoms with van der Waals surface area (Å²) in [6, 6.07) is 15.0. The van der Waals surface area contributed by atoms with Crippen molar-refractivity contribution in [3.05, 3.63) is 66.0 Å². The first-order chi connectivity index (χ1) is 8.12. The molecule has 0 amide bonds. The summed E-state index contributed by atoms with van der Waals surface area (Å²) in [5.74, 6) is -0.0377. The molecule has 0 bridgehead atoms. The van der Waals surface area contributed by atoms with Crippen LogP contribution in [0.3, 0.4) is 0 Å². The van der Waals surface area contributed by atoms with E-state index in [1.807, 2.05) is 43.3 Å². The Morgan fingerprint density at radius 3 is 2.35 bits per heavy atom. The number of carbonyl (C=O) groups is 1. The van der Waals surface area contributed by atoms with Crippen LogP contribution in [0.15, 0.2) is 54.7 Å². The molecule has 0 aliphatic rings. The molecule has 1 aromatic carbocycles. The van der Waals surface area contributed by atoms with Crippen molar-refractivity contribution < 1.29 is 4.79 Å². The van der Waals surface area contributed by atoms with E-state index in [0.717, 1.165) is 5.56 Å². The molecule has 0 saturated heterocycles. The third-order valence-electron chi connectivity index (χ3n) is 2.64. The van der Waals surface area contributed by atoms with Gasteiger partial charge in [-0.3, -0.25) is 9.78 Å². The summed E-state index contributed by atoms with van der Waals surface area (Å²) in [7, 11) is 0. The molecule has 0 N–H and O–H groups in total. The standard InChI is InChI=1S/C14H12BrNO/c1-14(15,11-7-3-2-4-8-11)13(17)12-9-5-6-10-16-12/h2-10H,1H3. The minimum atomic E-state index is -0.734. The molecule has 0 saturated carbocycles. The first-order valence-electron chi connectivity index (χ1n) is 5.32. The van der Waals surface area contributed by atoms with Gasteiger partial charge in [0.25, 0.3) is 0 Å². The molecule has 2 nitrogen and oxygen atoms in total. The lowest BCUT2D eigenvalue weighted by atomic mass is 9.94. The minimum absolute atomic E-state index is 0.0377. The van der Waals surface area contributed by atoms with Crippen LogP contribution in [0, 0.1) is 0 Å². The van der Waals surface area contributed by atoms with Crippen LogP contribution in [0.5, 0.6) is 0 Å². The summed E-state index contributed by atoms with van der Waals surface area (Å²) >= 11 is 3.50. The molecule has 2 aromatic rings. The SMILES string of the molecule is CC(Br)(C(=O)c1ccccn1)c1ccccc1. The van der Waals surface area contributed by atoms with Gasteiger partial charge in [-0.05, 0) is 24.6 Å². The molecule has 0 aliphatic carbocycles. The fourth-order valence-electron chi connectivity index (χ4n) is 1.62. The Balaban J connectivity index is 2.37. The second-order valence-electron chi connectivity index (χ2n) is 3.91. The van der Waals surface area contributed by atoms with Crippen molar-refractivity contribution in [2.75, 3.05) is 0 Å². The van der Waals surface area contributed by atoms with Crippen molar-refractivity contribution >= 4 is 21.7 Å². The number of hydrogen-bond acceptors (Lipinski definition) is 2. The van der Waals surface area contributed by atoms with Crippen LogP contribution in [0.1, 0.15) is 23.0 Å². The first kappa shape index (κ1) is 12.0. The van der Waals surface area contributed by atoms with Crippen LogP contribution in [-0.4, -0.2) is 10.8 Å². The van der Waals surface area contributed by atoms with Gasteiger partial charge in [0.15, 0.2) is 0 Å². The lowest BCUT2D eigenvalue weighted by Gasteiger charge is -2.20. The number of alkyl halides is 1. The van der Waals surface area contributed by atoms with Crippen LogP contribution < -0.4 is 0 Å². The zero-order valence-corrected chi connectivity index (χ0v) is 11.0. The zero-order valence-electron chi connectivity index (χ0n) is 9.43. The molecule has 17 heavy (non-hydrogen) atoms. The highest BCUT2D eigenvalue weighted by atomic mass is 79.9. The molecule has 2 rings (SSSR count). The van der Waals surface area contributed by atoms with E-state index in [4.69, 9.17) is 0 Å². The predicted octanol–water partition coefficient (Wildman–Crippen LogP) is 3.57. The molecule has 1 heterocycles. The second-order valence-corrected chi connectivity index (χ2v) is 5.50. The topological polar surface area (TPSA) is 30.0 Å². The zero-order chi connectivity index (χ0) is 12.3. The Morgan fingerprint density at radius 1 is 1.12 bits per heavy atom. The van der Waals surface area contributed by atoms with Gasteiger partial charge in [0.1, 0.15) is 10.0 Å². The Bertz CT molecular complexity index is 508. The molecular formula is C14H12BrNO. The molecule has 3 heteroatoms. The van der Waals surface area contributed by atoms with Crippen LogP contribution in [0.2, 0.25) is 0 Å². The van der Waals surface area contributed by atoms with E-state index in [-0.39, 0.29) is 5.78 Å². The highest BCUT2D eigenvalue weighted by Gasteiger charge is 2.33. The van der Waals surface area contributed by atoms with Gasteiger partial charge in [-0.2, -0.15) is 0 Å². The number of carbonyl (C=O) groups excluding carboxylic acids is 1. The quantitative estimate of drug-likeness (QED) is 0.639. The Kier molecular flexibility index (Phi) is 3.38. The highest BCUT2D eigenvalue weighted by molar-refractivity contribution is 9.10. The number of rotatable bonds is 3. The van der Waals surface area contributed by atoms with Crippen molar-refractivity contribution in [1.82, 2.24) is 4.98 Å². The Morgan fingerprint density at radius 2 is 1.76 bits per heavy atom. The molecule has 0 spiro atoms. The summed E-state index contributed by atoms with van der Waals surface area (Å²) in [6.07, 6.45) is 1.63. The van der Waals surface area contributed by atoms with Crippen LogP contribution >= 0.6 is 15.9 Å². The lowest BCUT2D eigenvalue weighted by molar-refractivity contribution is 0.0948. The maximum Gasteiger partial charge on any atom is 0.201 e. The van der Waals surface area contributed by atoms with Gasteiger partial charge in [0, 0.05) is 6.20 Å². The normalized spacial score (nSPS) is 14.0. The second kappa shape index (κ2) is 4.80. The predicted molar refractivity (Wildman–Crippen MR) is 71.3 cm³/mol. The van der Waals surface area contributed by atoms with E-state index in [1.54, 1.807) is 18.3 Å². The molecule has 1 aromatic heterocycles. The van der Waals surface area contributed by atoms with E-state index in [0.29, 0.717) is 5.69 Å². The average Bonchev–Trinajstić information content (AvgIpc) is 2.40. The summed E-state index contributed by atoms with van der Waals surface area (Å²) in [4.78, 5) is 16.4. The third kappa shape index (κ3) is 2.44. The molecule has 1 atom stereocenters. The largest absolute Gasteiger partial charge is 0.290 e. The molecule has 0 radical (unpaired) electrons. The van der Waals surface area contributed by atoms with E-state index in [9.17, 15) is 4.79 Å². The number of halogens is 1. The average molecular weight is 290 g/mol. The lowest BCUT2D eigenvalue weighted by Crippen LogP contribution is -2.26. The summed E-state index contributed by atoms with van der Waals surface area (Å²) in [5, 5.41) is 0. The van der Waals surface area contributed by atoms with Gasteiger partial charge < -0.3 is 0 Å². The van der Waals surface area contributed by atoms with Gasteiger partial charge in [0.05, 0.1) is 0 Å². The summed E-state index contributed by atoms with van der Waals surface area (Å²) in [5.41, 5.74) is 1.39. The fourth-order valence-corrected chi connectivity index (χ4v) is 2.09. The van der Waals surface area contributed by atoms with E-state index < -0.39 is 4.32 Å². The van der Waals surface area contributed by atoms with Gasteiger partial charge >= 0.3 is 0 Å². The maximum atomic E-state index is 12.4. The van der Waals surface area contributed by atoms with Crippen LogP contribution in [-0.2, 0) is 4.32 Å². The number of Topliss-reactive ketones (excluding diaryl/α,β-unsaturated/α-hetero) is 1. The van der Waals surface area contributed by atoms with E-state index in [2.05, 4.69) is 20.9 Å². The van der Waals surface area contributed by atoms with Crippen molar-refractivity contribution in [2.45, 2.75) is 11.2 Å². The van der Waals surface area contributed by atoms with E-state index >= 15 is 0 Å². The van der Waals surface area contributed by atoms with Crippen LogP contribution in [0.4, 0.5) is 0 Å². The maximum absolute atomic E-state index is 12.4. The van der Waals surface area contributed by atoms with Crippen molar-refractivity contribution in [2.24, 2.45) is 0 Å². The number of nitrogens with zero attached hydrogens (tertiary/aromatic N) is 1. The van der Waals surface area contributed by atoms with Crippen molar-refractivity contribution in [3.8, 4) is 0 Å². The van der Waals surface area contributed by atoms with E-state index in [1.165, 1.54) is 0 Å². The smallest absolute Gasteiger partial charge is 0.201 e. The number of hydrogen-bond donors (Lipinski definition) is 0. The van der Waals surface area contributed by atoms with Crippen LogP contribution in [0.25, 0.3) is 0 Å². The number of ketones is 1. The van der Waals surface area contributed by atoms with Crippen molar-refractivity contribution in [3.63, 3.8) is 0 Å². The fraction of sp³-hybridized carbons (Fsp3) is 0.143. The summed E-state index contributed by atoms with van der Waals surface area (Å²) in [6.45, 7) is 1.85. The number of benzene rings is 1. The highest BCUT2D eigenvalue weighted by Crippen LogP contribution is 2.33. The molecule has 0 aliphatic heterocycles. The number of aromatic nitrogens is 1. The molecule has 86 valence electrons. The monoisotopic (exact) mass is 289 g/mol. The van der Waals surface area contributed by atoms with Gasteiger partial charge in [-0.25, -0.2) is 0 Å². The van der Waals surface area contributed by atoms with Crippen molar-refractivity contribution in [1.29, 1.82) is 0 Å². The first-order valence-corrected chi connectivity index (χ1v) is 6.12. The molecular weight excluding hydrogens is 278 g/mol. The minimum Gasteiger partial charge on any atom is -0.290 e. The Labute approximate surface area is 109 Å². The molecule has 0 fully saturated rings. The van der Waals surface area contributed by atoms with Gasteiger partial charge in [-0.1, -0.05) is 52.3 Å². The summed E-state index contributed by atoms with van der Waals surface area (Å²) < 4.78 is -0.734. The third-order valence-corrected chi connectivity index (χ3v) is 3.46. The van der Waals surface area contributed by atoms with Gasteiger partial charge in [-0.15, -0.1) is 0 Å².